The lowest BCUT2D eigenvalue weighted by atomic mass is 9.89. The van der Waals surface area contributed by atoms with E-state index in [2.05, 4.69) is 10.3 Å². The Morgan fingerprint density at radius 1 is 0.955 bits per heavy atom. The topological polar surface area (TPSA) is 157 Å². The molecule has 2 aliphatic rings. The highest BCUT2D eigenvalue weighted by atomic mass is 16.7. The zero-order chi connectivity index (χ0) is 31.5. The van der Waals surface area contributed by atoms with Crippen molar-refractivity contribution in [3.8, 4) is 40.0 Å². The zero-order valence-electron chi connectivity index (χ0n) is 24.9. The lowest BCUT2D eigenvalue weighted by molar-refractivity contribution is -0.496. The van der Waals surface area contributed by atoms with E-state index in [0.29, 0.717) is 21.6 Å². The Bertz CT molecular complexity index is 1900. The third kappa shape index (κ3) is 5.89. The van der Waals surface area contributed by atoms with Crippen molar-refractivity contribution in [3.63, 3.8) is 0 Å². The quantitative estimate of drug-likeness (QED) is 0.151. The number of carboxylic acid groups (broad SMARTS) is 1. The highest BCUT2D eigenvalue weighted by molar-refractivity contribution is 6.08. The van der Waals surface area contributed by atoms with Gasteiger partial charge in [-0.2, -0.15) is 0 Å². The van der Waals surface area contributed by atoms with Crippen LogP contribution in [0, 0.1) is 13.8 Å². The fraction of sp³-hybridized carbons (Fsp3) is 0.242. The standard InChI is InChI=1S/C33H33N3O8/c1-5-34-25-16-27-23(13-18(25)3)32(24-14-19(4)26(35-6-2)17-28(24)43-27)21-8-7-20(15-22(21)33(40)41)42-12-11-31(39)44-36-29(37)9-10-30(36)38/h7-10,13-17,34,37-38H,5-6,11-12H2,1-4H3,(H,40,41)/p+1. The summed E-state index contributed by atoms with van der Waals surface area (Å²) < 4.78 is 12.7. The van der Waals surface area contributed by atoms with Gasteiger partial charge in [-0.25, -0.2) is 14.6 Å². The first-order valence-corrected chi connectivity index (χ1v) is 14.2. The van der Waals surface area contributed by atoms with E-state index in [1.807, 2.05) is 52.0 Å². The van der Waals surface area contributed by atoms with Crippen LogP contribution in [0.5, 0.6) is 17.5 Å². The predicted molar refractivity (Wildman–Crippen MR) is 163 cm³/mol. The Balaban J connectivity index is 1.56. The van der Waals surface area contributed by atoms with Crippen LogP contribution in [0.4, 0.5) is 5.69 Å². The van der Waals surface area contributed by atoms with E-state index < -0.39 is 23.7 Å². The maximum Gasteiger partial charge on any atom is 0.336 e. The van der Waals surface area contributed by atoms with Gasteiger partial charge in [-0.15, -0.1) is 4.73 Å². The second kappa shape index (κ2) is 12.4. The highest BCUT2D eigenvalue weighted by Crippen LogP contribution is 2.43. The largest absolute Gasteiger partial charge is 0.493 e. The number of carbonyl (C=O) groups excluding carboxylic acids is 1. The first-order chi connectivity index (χ1) is 21.1. The number of aryl methyl sites for hydroxylation is 2. The summed E-state index contributed by atoms with van der Waals surface area (Å²) in [6, 6.07) is 15.0. The number of rotatable bonds is 10. The molecule has 11 heteroatoms. The molecule has 0 saturated heterocycles. The van der Waals surface area contributed by atoms with Crippen LogP contribution >= 0.6 is 0 Å². The Labute approximate surface area is 252 Å². The van der Waals surface area contributed by atoms with E-state index in [4.69, 9.17) is 14.0 Å². The van der Waals surface area contributed by atoms with Gasteiger partial charge >= 0.3 is 11.9 Å². The summed E-state index contributed by atoms with van der Waals surface area (Å²) in [4.78, 5) is 33.1. The molecule has 1 aliphatic carbocycles. The van der Waals surface area contributed by atoms with Gasteiger partial charge in [-0.3, -0.25) is 0 Å². The number of carboxylic acids is 1. The normalized spacial score (nSPS) is 11.7. The van der Waals surface area contributed by atoms with Gasteiger partial charge in [0.05, 0.1) is 24.7 Å². The molecule has 44 heavy (non-hydrogen) atoms. The van der Waals surface area contributed by atoms with Gasteiger partial charge in [0, 0.05) is 52.5 Å². The number of anilines is 1. The second-order valence-corrected chi connectivity index (χ2v) is 10.3. The molecule has 1 aromatic heterocycles. The molecule has 0 atom stereocenters. The molecule has 2 heterocycles. The number of hydrogen-bond donors (Lipinski definition) is 5. The Hall–Kier alpha value is -5.45. The molecule has 0 spiro atoms. The number of aromatic nitrogens is 1. The van der Waals surface area contributed by atoms with Crippen LogP contribution in [0.2, 0.25) is 0 Å². The number of fused-ring (bicyclic) bond motifs is 2. The molecule has 228 valence electrons. The summed E-state index contributed by atoms with van der Waals surface area (Å²) in [5.74, 6) is -1.94. The van der Waals surface area contributed by atoms with E-state index in [-0.39, 0.29) is 24.3 Å². The molecule has 11 nitrogen and oxygen atoms in total. The molecule has 0 unspecified atom stereocenters. The summed E-state index contributed by atoms with van der Waals surface area (Å²) in [6.45, 7) is 9.35. The Morgan fingerprint density at radius 3 is 2.39 bits per heavy atom. The minimum atomic E-state index is -1.15. The highest BCUT2D eigenvalue weighted by Gasteiger charge is 2.24. The van der Waals surface area contributed by atoms with Crippen LogP contribution in [0.3, 0.4) is 0 Å². The average molecular weight is 601 g/mol. The number of hydrogen-bond acceptors (Lipinski definition) is 8. The van der Waals surface area contributed by atoms with E-state index in [9.17, 15) is 24.9 Å². The Kier molecular flexibility index (Phi) is 8.48. The molecule has 2 aromatic carbocycles. The number of benzene rings is 3. The third-order valence-electron chi connectivity index (χ3n) is 7.20. The minimum Gasteiger partial charge on any atom is -0.493 e. The van der Waals surface area contributed by atoms with Crippen molar-refractivity contribution in [1.29, 1.82) is 0 Å². The van der Waals surface area contributed by atoms with Gasteiger partial charge in [0.25, 0.3) is 0 Å². The van der Waals surface area contributed by atoms with Crippen molar-refractivity contribution >= 4 is 28.6 Å². The van der Waals surface area contributed by atoms with Crippen molar-refractivity contribution < 1.29 is 43.9 Å². The molecule has 1 aliphatic heterocycles. The van der Waals surface area contributed by atoms with Gasteiger partial charge in [-0.1, -0.05) is 0 Å². The van der Waals surface area contributed by atoms with Gasteiger partial charge in [0.1, 0.15) is 23.6 Å². The fourth-order valence-electron chi connectivity index (χ4n) is 5.15. The zero-order valence-corrected chi connectivity index (χ0v) is 24.9. The smallest absolute Gasteiger partial charge is 0.336 e. The maximum atomic E-state index is 12.6. The number of aromatic hydroxyl groups is 2. The SMILES string of the molecule is CCNc1cc2oc3cc(=[NH+]CC)c(C)cc-3c(-c3ccc(OCCC(=O)On4c(O)ccc4O)cc3C(=O)O)c2cc1C. The first kappa shape index (κ1) is 30.0. The summed E-state index contributed by atoms with van der Waals surface area (Å²) in [5.41, 5.74) is 5.50. The van der Waals surface area contributed by atoms with Crippen molar-refractivity contribution in [3.05, 3.63) is 76.6 Å². The van der Waals surface area contributed by atoms with Crippen molar-refractivity contribution in [1.82, 2.24) is 4.73 Å². The van der Waals surface area contributed by atoms with Gasteiger partial charge in [0.2, 0.25) is 17.1 Å². The van der Waals surface area contributed by atoms with Crippen LogP contribution in [0.1, 0.15) is 41.8 Å². The Morgan fingerprint density at radius 2 is 1.70 bits per heavy atom. The van der Waals surface area contributed by atoms with Gasteiger partial charge in [-0.05, 0) is 69.2 Å². The molecular formula is C33H34N3O8+. The molecule has 0 saturated carbocycles. The van der Waals surface area contributed by atoms with Crippen molar-refractivity contribution in [2.24, 2.45) is 0 Å². The summed E-state index contributed by atoms with van der Waals surface area (Å²) >= 11 is 0. The van der Waals surface area contributed by atoms with Crippen molar-refractivity contribution in [2.75, 3.05) is 25.0 Å². The summed E-state index contributed by atoms with van der Waals surface area (Å²) in [7, 11) is 0. The fourth-order valence-corrected chi connectivity index (χ4v) is 5.15. The summed E-state index contributed by atoms with van der Waals surface area (Å²) in [6.07, 6.45) is -0.225. The third-order valence-corrected chi connectivity index (χ3v) is 7.20. The van der Waals surface area contributed by atoms with Crippen molar-refractivity contribution in [2.45, 2.75) is 34.1 Å². The second-order valence-electron chi connectivity index (χ2n) is 10.3. The summed E-state index contributed by atoms with van der Waals surface area (Å²) in [5, 5.41) is 34.7. The molecule has 3 aromatic rings. The minimum absolute atomic E-state index is 0.0166. The van der Waals surface area contributed by atoms with Gasteiger partial charge < -0.3 is 34.6 Å². The molecule has 5 N–H and O–H groups in total. The number of aromatic carboxylic acids is 1. The van der Waals surface area contributed by atoms with Crippen LogP contribution in [0.25, 0.3) is 33.4 Å². The van der Waals surface area contributed by atoms with Crippen LogP contribution < -0.4 is 25.2 Å². The molecule has 5 rings (SSSR count). The van der Waals surface area contributed by atoms with E-state index >= 15 is 0 Å². The monoisotopic (exact) mass is 600 g/mol. The van der Waals surface area contributed by atoms with Crippen LogP contribution in [-0.4, -0.2) is 51.7 Å². The number of nitrogens with one attached hydrogen (secondary N) is 2. The first-order valence-electron chi connectivity index (χ1n) is 14.2. The van der Waals surface area contributed by atoms with Gasteiger partial charge in [0.15, 0.2) is 0 Å². The molecule has 0 amide bonds. The van der Waals surface area contributed by atoms with E-state index in [1.54, 1.807) is 12.1 Å². The maximum absolute atomic E-state index is 12.6. The predicted octanol–water partition coefficient (Wildman–Crippen LogP) is 3.59. The van der Waals surface area contributed by atoms with E-state index in [0.717, 1.165) is 51.8 Å². The molecular weight excluding hydrogens is 566 g/mol. The number of carbonyl (C=O) groups is 2. The number of ether oxygens (including phenoxy) is 1. The lowest BCUT2D eigenvalue weighted by Gasteiger charge is -2.19. The molecule has 0 bridgehead atoms. The van der Waals surface area contributed by atoms with Crippen LogP contribution in [0.15, 0.2) is 59.0 Å². The van der Waals surface area contributed by atoms with E-state index in [1.165, 1.54) is 18.2 Å². The number of nitrogens with zero attached hydrogens (tertiary/aromatic N) is 1. The average Bonchev–Trinajstić information content (AvgIpc) is 3.29. The molecule has 0 fully saturated rings. The lowest BCUT2D eigenvalue weighted by Crippen LogP contribution is -2.76. The van der Waals surface area contributed by atoms with Crippen LogP contribution in [-0.2, 0) is 4.79 Å². The molecule has 0 radical (unpaired) electrons.